The largest absolute Gasteiger partial charge is 0.378 e. The summed E-state index contributed by atoms with van der Waals surface area (Å²) in [6.07, 6.45) is 0.961. The highest BCUT2D eigenvalue weighted by atomic mass is 16.5. The van der Waals surface area contributed by atoms with Gasteiger partial charge in [-0.1, -0.05) is 24.3 Å². The molecule has 0 aliphatic rings. The summed E-state index contributed by atoms with van der Waals surface area (Å²) >= 11 is 0. The van der Waals surface area contributed by atoms with Crippen LogP contribution in [0.5, 0.6) is 0 Å². The fourth-order valence-electron chi connectivity index (χ4n) is 1.91. The zero-order chi connectivity index (χ0) is 16.5. The molecule has 1 rings (SSSR count). The molecule has 1 aromatic rings. The lowest BCUT2D eigenvalue weighted by molar-refractivity contribution is 0.0668. The molecule has 0 atom stereocenters. The van der Waals surface area contributed by atoms with Crippen LogP contribution in [0, 0.1) is 0 Å². The second-order valence-electron chi connectivity index (χ2n) is 5.76. The van der Waals surface area contributed by atoms with Crippen molar-refractivity contribution in [1.29, 1.82) is 0 Å². The number of ketones is 2. The van der Waals surface area contributed by atoms with E-state index in [4.69, 9.17) is 9.47 Å². The van der Waals surface area contributed by atoms with Crippen molar-refractivity contribution in [3.63, 3.8) is 0 Å². The van der Waals surface area contributed by atoms with E-state index in [1.807, 2.05) is 27.7 Å². The number of benzene rings is 1. The molecule has 0 heterocycles. The molecule has 0 unspecified atom stereocenters. The number of carbonyl (C=O) groups excluding carboxylic acids is 2. The maximum absolute atomic E-state index is 12.0. The first-order chi connectivity index (χ1) is 10.4. The van der Waals surface area contributed by atoms with Gasteiger partial charge >= 0.3 is 0 Å². The molecule has 0 N–H and O–H groups in total. The van der Waals surface area contributed by atoms with E-state index in [-0.39, 0.29) is 23.8 Å². The van der Waals surface area contributed by atoms with Crippen molar-refractivity contribution in [1.82, 2.24) is 0 Å². The molecule has 0 amide bonds. The quantitative estimate of drug-likeness (QED) is 0.619. The Balaban J connectivity index is 2.48. The molecule has 0 aromatic heterocycles. The van der Waals surface area contributed by atoms with Crippen LogP contribution in [0.25, 0.3) is 0 Å². The van der Waals surface area contributed by atoms with E-state index in [0.717, 1.165) is 0 Å². The van der Waals surface area contributed by atoms with Crippen LogP contribution in [0.1, 0.15) is 61.3 Å². The van der Waals surface area contributed by atoms with Crippen molar-refractivity contribution in [2.24, 2.45) is 0 Å². The molecular formula is C18H26O4. The van der Waals surface area contributed by atoms with Crippen LogP contribution >= 0.6 is 0 Å². The van der Waals surface area contributed by atoms with Gasteiger partial charge in [0.2, 0.25) is 0 Å². The minimum absolute atomic E-state index is 0.0304. The van der Waals surface area contributed by atoms with E-state index in [2.05, 4.69) is 0 Å². The van der Waals surface area contributed by atoms with Crippen LogP contribution in [0.2, 0.25) is 0 Å². The SMILES string of the molecule is CC(C)OCCC(=O)c1ccc(C(=O)CCOC(C)C)cc1. The van der Waals surface area contributed by atoms with Crippen LogP contribution in [0.3, 0.4) is 0 Å². The first-order valence-electron chi connectivity index (χ1n) is 7.79. The Labute approximate surface area is 132 Å². The van der Waals surface area contributed by atoms with E-state index >= 15 is 0 Å². The van der Waals surface area contributed by atoms with Gasteiger partial charge < -0.3 is 9.47 Å². The minimum atomic E-state index is 0.0304. The van der Waals surface area contributed by atoms with Crippen molar-refractivity contribution < 1.29 is 19.1 Å². The molecule has 22 heavy (non-hydrogen) atoms. The van der Waals surface area contributed by atoms with Crippen molar-refractivity contribution in [3.8, 4) is 0 Å². The second kappa shape index (κ2) is 9.49. The van der Waals surface area contributed by atoms with E-state index in [1.165, 1.54) is 0 Å². The maximum Gasteiger partial charge on any atom is 0.165 e. The average molecular weight is 306 g/mol. The summed E-state index contributed by atoms with van der Waals surface area (Å²) in [4.78, 5) is 23.9. The van der Waals surface area contributed by atoms with Gasteiger partial charge in [0.05, 0.1) is 25.4 Å². The highest BCUT2D eigenvalue weighted by Gasteiger charge is 2.10. The molecule has 0 aliphatic heterocycles. The van der Waals surface area contributed by atoms with E-state index < -0.39 is 0 Å². The van der Waals surface area contributed by atoms with Crippen LogP contribution in [-0.4, -0.2) is 37.0 Å². The normalized spacial score (nSPS) is 11.2. The molecule has 0 spiro atoms. The van der Waals surface area contributed by atoms with Gasteiger partial charge in [-0.2, -0.15) is 0 Å². The van der Waals surface area contributed by atoms with Gasteiger partial charge in [-0.3, -0.25) is 9.59 Å². The number of rotatable bonds is 10. The monoisotopic (exact) mass is 306 g/mol. The number of Topliss-reactive ketones (excluding diaryl/α,β-unsaturated/α-hetero) is 2. The fourth-order valence-corrected chi connectivity index (χ4v) is 1.91. The Hall–Kier alpha value is -1.52. The predicted molar refractivity (Wildman–Crippen MR) is 86.5 cm³/mol. The number of hydrogen-bond acceptors (Lipinski definition) is 4. The summed E-state index contributed by atoms with van der Waals surface area (Å²) in [5.74, 6) is 0.0607. The number of carbonyl (C=O) groups is 2. The Morgan fingerprint density at radius 3 is 1.36 bits per heavy atom. The Morgan fingerprint density at radius 1 is 0.773 bits per heavy atom. The summed E-state index contributed by atoms with van der Waals surface area (Å²) < 4.78 is 10.7. The van der Waals surface area contributed by atoms with Crippen molar-refractivity contribution in [3.05, 3.63) is 35.4 Å². The van der Waals surface area contributed by atoms with Gasteiger partial charge in [-0.05, 0) is 27.7 Å². The molecule has 4 heteroatoms. The number of ether oxygens (including phenoxy) is 2. The Bertz CT molecular complexity index is 429. The van der Waals surface area contributed by atoms with Crippen LogP contribution in [-0.2, 0) is 9.47 Å². The third-order valence-corrected chi connectivity index (χ3v) is 3.09. The van der Waals surface area contributed by atoms with Crippen molar-refractivity contribution in [2.45, 2.75) is 52.7 Å². The second-order valence-corrected chi connectivity index (χ2v) is 5.76. The van der Waals surface area contributed by atoms with Crippen LogP contribution in [0.4, 0.5) is 0 Å². The molecule has 0 bridgehead atoms. The fraction of sp³-hybridized carbons (Fsp3) is 0.556. The third-order valence-electron chi connectivity index (χ3n) is 3.09. The summed E-state index contributed by atoms with van der Waals surface area (Å²) in [7, 11) is 0. The van der Waals surface area contributed by atoms with E-state index in [1.54, 1.807) is 24.3 Å². The molecular weight excluding hydrogens is 280 g/mol. The molecule has 0 aliphatic carbocycles. The Morgan fingerprint density at radius 2 is 1.09 bits per heavy atom. The van der Waals surface area contributed by atoms with Gasteiger partial charge in [0.1, 0.15) is 0 Å². The molecule has 1 aromatic carbocycles. The van der Waals surface area contributed by atoms with E-state index in [9.17, 15) is 9.59 Å². The lowest BCUT2D eigenvalue weighted by Gasteiger charge is -2.08. The molecule has 0 radical (unpaired) electrons. The minimum Gasteiger partial charge on any atom is -0.378 e. The van der Waals surface area contributed by atoms with E-state index in [0.29, 0.717) is 37.2 Å². The van der Waals surface area contributed by atoms with Crippen LogP contribution in [0.15, 0.2) is 24.3 Å². The zero-order valence-electron chi connectivity index (χ0n) is 13.9. The number of hydrogen-bond donors (Lipinski definition) is 0. The van der Waals surface area contributed by atoms with Gasteiger partial charge in [-0.15, -0.1) is 0 Å². The summed E-state index contributed by atoms with van der Waals surface area (Å²) in [6, 6.07) is 6.81. The van der Waals surface area contributed by atoms with Crippen molar-refractivity contribution >= 4 is 11.6 Å². The highest BCUT2D eigenvalue weighted by molar-refractivity contribution is 5.99. The lowest BCUT2D eigenvalue weighted by atomic mass is 10.0. The molecule has 0 saturated heterocycles. The lowest BCUT2D eigenvalue weighted by Crippen LogP contribution is -2.10. The summed E-state index contributed by atoms with van der Waals surface area (Å²) in [5, 5.41) is 0. The molecule has 122 valence electrons. The summed E-state index contributed by atoms with van der Waals surface area (Å²) in [6.45, 7) is 8.59. The molecule has 0 fully saturated rings. The topological polar surface area (TPSA) is 52.6 Å². The molecule has 4 nitrogen and oxygen atoms in total. The average Bonchev–Trinajstić information content (AvgIpc) is 2.46. The zero-order valence-corrected chi connectivity index (χ0v) is 13.9. The Kier molecular flexibility index (Phi) is 7.99. The first kappa shape index (κ1) is 18.5. The van der Waals surface area contributed by atoms with Gasteiger partial charge in [0, 0.05) is 24.0 Å². The van der Waals surface area contributed by atoms with Crippen molar-refractivity contribution in [2.75, 3.05) is 13.2 Å². The smallest absolute Gasteiger partial charge is 0.165 e. The van der Waals surface area contributed by atoms with Gasteiger partial charge in [-0.25, -0.2) is 0 Å². The third kappa shape index (κ3) is 6.96. The summed E-state index contributed by atoms with van der Waals surface area (Å²) in [5.41, 5.74) is 1.23. The standard InChI is InChI=1S/C18H26O4/c1-13(2)21-11-9-17(19)15-5-7-16(8-6-15)18(20)10-12-22-14(3)4/h5-8,13-14H,9-12H2,1-4H3. The molecule has 0 saturated carbocycles. The predicted octanol–water partition coefficient (Wildman–Crippen LogP) is 3.68. The maximum atomic E-state index is 12.0. The first-order valence-corrected chi connectivity index (χ1v) is 7.79. The highest BCUT2D eigenvalue weighted by Crippen LogP contribution is 2.10. The van der Waals surface area contributed by atoms with Gasteiger partial charge in [0.15, 0.2) is 11.6 Å². The van der Waals surface area contributed by atoms with Gasteiger partial charge in [0.25, 0.3) is 0 Å². The van der Waals surface area contributed by atoms with Crippen LogP contribution < -0.4 is 0 Å².